The van der Waals surface area contributed by atoms with Gasteiger partial charge in [-0.1, -0.05) is 15.9 Å². The monoisotopic (exact) mass is 367 g/mol. The van der Waals surface area contributed by atoms with E-state index in [2.05, 4.69) is 21.2 Å². The first-order valence-electron chi connectivity index (χ1n) is 7.21. The molecular weight excluding hydrogens is 350 g/mol. The largest absolute Gasteiger partial charge is 0.343 e. The summed E-state index contributed by atoms with van der Waals surface area (Å²) in [6, 6.07) is 5.68. The van der Waals surface area contributed by atoms with Crippen molar-refractivity contribution in [3.8, 4) is 0 Å². The highest BCUT2D eigenvalue weighted by Crippen LogP contribution is 2.45. The van der Waals surface area contributed by atoms with Gasteiger partial charge in [0.1, 0.15) is 12.2 Å². The summed E-state index contributed by atoms with van der Waals surface area (Å²) in [4.78, 5) is 23.4. The molecule has 0 unspecified atom stereocenters. The first kappa shape index (κ1) is 15.6. The molecule has 6 heteroatoms. The van der Waals surface area contributed by atoms with Gasteiger partial charge in [-0.25, -0.2) is 0 Å². The molecule has 118 valence electrons. The predicted octanol–water partition coefficient (Wildman–Crippen LogP) is 2.98. The molecule has 1 aromatic rings. The van der Waals surface area contributed by atoms with E-state index in [4.69, 9.17) is 9.47 Å². The summed E-state index contributed by atoms with van der Waals surface area (Å²) in [5, 5.41) is 2.77. The van der Waals surface area contributed by atoms with E-state index in [0.717, 1.165) is 10.0 Å². The molecule has 1 heterocycles. The zero-order chi connectivity index (χ0) is 16.1. The smallest absolute Gasteiger partial charge is 0.221 e. The Morgan fingerprint density at radius 1 is 1.32 bits per heavy atom. The van der Waals surface area contributed by atoms with Gasteiger partial charge >= 0.3 is 0 Å². The second-order valence-corrected chi connectivity index (χ2v) is 7.17. The summed E-state index contributed by atoms with van der Waals surface area (Å²) in [5.74, 6) is -0.868. The molecule has 0 spiro atoms. The van der Waals surface area contributed by atoms with Crippen LogP contribution in [0.2, 0.25) is 0 Å². The van der Waals surface area contributed by atoms with Crippen LogP contribution < -0.4 is 5.32 Å². The molecule has 1 aliphatic carbocycles. The first-order chi connectivity index (χ1) is 10.2. The van der Waals surface area contributed by atoms with Crippen LogP contribution in [0.4, 0.5) is 5.69 Å². The van der Waals surface area contributed by atoms with Gasteiger partial charge in [-0.05, 0) is 37.6 Å². The molecule has 3 rings (SSSR count). The Morgan fingerprint density at radius 2 is 2.05 bits per heavy atom. The third kappa shape index (κ3) is 2.95. The van der Waals surface area contributed by atoms with Crippen molar-refractivity contribution in [1.82, 2.24) is 0 Å². The van der Waals surface area contributed by atoms with Gasteiger partial charge in [-0.2, -0.15) is 0 Å². The van der Waals surface area contributed by atoms with E-state index in [9.17, 15) is 9.59 Å². The number of ether oxygens (including phenoxy) is 2. The SMILES string of the molecule is CC(=O)Nc1cc(Br)cc([C@H]2CC(=O)[C@@H]3OC(C)(C)O[C@H]23)c1. The normalized spacial score (nSPS) is 29.5. The van der Waals surface area contributed by atoms with Crippen molar-refractivity contribution >= 4 is 33.3 Å². The number of halogens is 1. The fraction of sp³-hybridized carbons (Fsp3) is 0.500. The number of ketones is 1. The molecular formula is C16H18BrNO4. The molecule has 2 aliphatic rings. The van der Waals surface area contributed by atoms with E-state index in [1.165, 1.54) is 6.92 Å². The number of amides is 1. The van der Waals surface area contributed by atoms with Crippen molar-refractivity contribution in [2.75, 3.05) is 5.32 Å². The lowest BCUT2D eigenvalue weighted by atomic mass is 9.95. The average molecular weight is 368 g/mol. The summed E-state index contributed by atoms with van der Waals surface area (Å²) < 4.78 is 12.5. The standard InChI is InChI=1S/C16H18BrNO4/c1-8(19)18-11-5-9(4-10(17)6-11)12-7-13(20)15-14(12)21-16(2,3)22-15/h4-6,12,14-15H,7H2,1-3H3,(H,18,19)/t12-,14-,15+/m1/s1. The molecule has 1 aliphatic heterocycles. The van der Waals surface area contributed by atoms with E-state index in [0.29, 0.717) is 12.1 Å². The van der Waals surface area contributed by atoms with E-state index in [1.807, 2.05) is 32.0 Å². The van der Waals surface area contributed by atoms with Crippen LogP contribution in [-0.2, 0) is 19.1 Å². The molecule has 1 saturated carbocycles. The summed E-state index contributed by atoms with van der Waals surface area (Å²) in [7, 11) is 0. The van der Waals surface area contributed by atoms with E-state index in [1.54, 1.807) is 0 Å². The molecule has 1 saturated heterocycles. The molecule has 1 amide bonds. The number of hydrogen-bond acceptors (Lipinski definition) is 4. The number of benzene rings is 1. The summed E-state index contributed by atoms with van der Waals surface area (Å²) in [6.07, 6.45) is -0.383. The number of nitrogens with one attached hydrogen (secondary N) is 1. The van der Waals surface area contributed by atoms with Crippen LogP contribution in [-0.4, -0.2) is 29.7 Å². The Kier molecular flexibility index (Phi) is 3.87. The second-order valence-electron chi connectivity index (χ2n) is 6.25. The molecule has 0 bridgehead atoms. The van der Waals surface area contributed by atoms with Gasteiger partial charge in [-0.3, -0.25) is 9.59 Å². The average Bonchev–Trinajstić information content (AvgIpc) is 2.83. The number of fused-ring (bicyclic) bond motifs is 1. The maximum Gasteiger partial charge on any atom is 0.221 e. The fourth-order valence-corrected chi connectivity index (χ4v) is 3.70. The lowest BCUT2D eigenvalue weighted by Gasteiger charge is -2.22. The number of Topliss-reactive ketones (excluding diaryl/α,β-unsaturated/α-hetero) is 1. The minimum Gasteiger partial charge on any atom is -0.343 e. The third-order valence-corrected chi connectivity index (χ3v) is 4.39. The predicted molar refractivity (Wildman–Crippen MR) is 84.6 cm³/mol. The Morgan fingerprint density at radius 3 is 2.73 bits per heavy atom. The van der Waals surface area contributed by atoms with Crippen LogP contribution in [0.5, 0.6) is 0 Å². The quantitative estimate of drug-likeness (QED) is 0.872. The molecule has 22 heavy (non-hydrogen) atoms. The minimum atomic E-state index is -0.740. The molecule has 2 fully saturated rings. The van der Waals surface area contributed by atoms with Gasteiger partial charge in [0.05, 0.1) is 0 Å². The van der Waals surface area contributed by atoms with Crippen LogP contribution in [0.1, 0.15) is 38.7 Å². The van der Waals surface area contributed by atoms with E-state index < -0.39 is 11.9 Å². The molecule has 1 aromatic carbocycles. The van der Waals surface area contributed by atoms with Crippen molar-refractivity contribution in [1.29, 1.82) is 0 Å². The van der Waals surface area contributed by atoms with Crippen LogP contribution in [0.25, 0.3) is 0 Å². The van der Waals surface area contributed by atoms with Gasteiger partial charge in [0, 0.05) is 29.4 Å². The highest BCUT2D eigenvalue weighted by atomic mass is 79.9. The van der Waals surface area contributed by atoms with Gasteiger partial charge < -0.3 is 14.8 Å². The first-order valence-corrected chi connectivity index (χ1v) is 8.01. The van der Waals surface area contributed by atoms with Crippen molar-refractivity contribution in [3.63, 3.8) is 0 Å². The van der Waals surface area contributed by atoms with Crippen molar-refractivity contribution in [2.24, 2.45) is 0 Å². The maximum absolute atomic E-state index is 12.2. The second kappa shape index (κ2) is 5.44. The molecule has 0 aromatic heterocycles. The van der Waals surface area contributed by atoms with Gasteiger partial charge in [0.25, 0.3) is 0 Å². The Bertz CT molecular complexity index is 643. The maximum atomic E-state index is 12.2. The van der Waals surface area contributed by atoms with Crippen molar-refractivity contribution < 1.29 is 19.1 Å². The van der Waals surface area contributed by atoms with Gasteiger partial charge in [0.15, 0.2) is 11.6 Å². The lowest BCUT2D eigenvalue weighted by molar-refractivity contribution is -0.160. The topological polar surface area (TPSA) is 64.6 Å². The molecule has 0 radical (unpaired) electrons. The lowest BCUT2D eigenvalue weighted by Crippen LogP contribution is -2.25. The van der Waals surface area contributed by atoms with Crippen LogP contribution in [0.3, 0.4) is 0 Å². The van der Waals surface area contributed by atoms with E-state index >= 15 is 0 Å². The van der Waals surface area contributed by atoms with Crippen molar-refractivity contribution in [2.45, 2.75) is 51.1 Å². The molecule has 3 atom stereocenters. The highest BCUT2D eigenvalue weighted by Gasteiger charge is 2.54. The van der Waals surface area contributed by atoms with Crippen LogP contribution in [0.15, 0.2) is 22.7 Å². The summed E-state index contributed by atoms with van der Waals surface area (Å²) >= 11 is 3.45. The summed E-state index contributed by atoms with van der Waals surface area (Å²) in [5.41, 5.74) is 1.66. The highest BCUT2D eigenvalue weighted by molar-refractivity contribution is 9.10. The summed E-state index contributed by atoms with van der Waals surface area (Å²) in [6.45, 7) is 5.10. The van der Waals surface area contributed by atoms with Crippen LogP contribution in [0, 0.1) is 0 Å². The molecule has 1 N–H and O–H groups in total. The number of anilines is 1. The number of rotatable bonds is 2. The minimum absolute atomic E-state index is 0.0655. The Balaban J connectivity index is 1.92. The van der Waals surface area contributed by atoms with Crippen molar-refractivity contribution in [3.05, 3.63) is 28.2 Å². The zero-order valence-corrected chi connectivity index (χ0v) is 14.3. The number of hydrogen-bond donors (Lipinski definition) is 1. The van der Waals surface area contributed by atoms with Crippen LogP contribution >= 0.6 is 15.9 Å². The Hall–Kier alpha value is -1.24. The third-order valence-electron chi connectivity index (χ3n) is 3.93. The van der Waals surface area contributed by atoms with Gasteiger partial charge in [-0.15, -0.1) is 0 Å². The fourth-order valence-electron chi connectivity index (χ4n) is 3.19. The van der Waals surface area contributed by atoms with Gasteiger partial charge in [0.2, 0.25) is 5.91 Å². The number of carbonyl (C=O) groups is 2. The van der Waals surface area contributed by atoms with E-state index in [-0.39, 0.29) is 23.7 Å². The molecule has 5 nitrogen and oxygen atoms in total. The zero-order valence-electron chi connectivity index (χ0n) is 12.7. The number of carbonyl (C=O) groups excluding carboxylic acids is 2. The Labute approximate surface area is 137 Å².